The molecule has 2 aliphatic heterocycles. The lowest BCUT2D eigenvalue weighted by atomic mass is 9.94. The number of ether oxygens (including phenoxy) is 1. The third-order valence-electron chi connectivity index (χ3n) is 5.53. The van der Waals surface area contributed by atoms with E-state index in [2.05, 4.69) is 11.4 Å². The first-order valence-corrected chi connectivity index (χ1v) is 9.70. The number of para-hydroxylation sites is 1. The maximum Gasteiger partial charge on any atom is 0.271 e. The minimum absolute atomic E-state index is 0.165. The van der Waals surface area contributed by atoms with Crippen molar-refractivity contribution in [3.05, 3.63) is 97.9 Å². The molecular formula is C22H18ClN3O3. The highest BCUT2D eigenvalue weighted by Gasteiger charge is 2.35. The summed E-state index contributed by atoms with van der Waals surface area (Å²) >= 11 is 6.47. The molecule has 0 spiro atoms. The van der Waals surface area contributed by atoms with Crippen LogP contribution in [-0.4, -0.2) is 17.3 Å². The Labute approximate surface area is 172 Å². The van der Waals surface area contributed by atoms with E-state index in [-0.39, 0.29) is 24.0 Å². The number of halogens is 1. The van der Waals surface area contributed by atoms with E-state index >= 15 is 0 Å². The lowest BCUT2D eigenvalue weighted by Gasteiger charge is -2.40. The molecule has 0 fully saturated rings. The molecule has 0 bridgehead atoms. The van der Waals surface area contributed by atoms with Crippen molar-refractivity contribution in [3.63, 3.8) is 0 Å². The summed E-state index contributed by atoms with van der Waals surface area (Å²) in [6, 6.07) is 15.0. The van der Waals surface area contributed by atoms with Crippen molar-refractivity contribution in [2.24, 2.45) is 0 Å². The van der Waals surface area contributed by atoms with Crippen molar-refractivity contribution in [3.8, 4) is 5.75 Å². The van der Waals surface area contributed by atoms with Gasteiger partial charge >= 0.3 is 0 Å². The Morgan fingerprint density at radius 1 is 1.07 bits per heavy atom. The molecule has 1 unspecified atom stereocenters. The third-order valence-corrected chi connectivity index (χ3v) is 5.82. The van der Waals surface area contributed by atoms with Crippen LogP contribution in [0.3, 0.4) is 0 Å². The van der Waals surface area contributed by atoms with E-state index in [1.165, 1.54) is 6.07 Å². The maximum atomic E-state index is 12.6. The molecule has 0 radical (unpaired) electrons. The highest BCUT2D eigenvalue weighted by molar-refractivity contribution is 6.32. The molecule has 1 amide bonds. The van der Waals surface area contributed by atoms with E-state index in [0.29, 0.717) is 28.6 Å². The molecule has 2 aromatic carbocycles. The summed E-state index contributed by atoms with van der Waals surface area (Å²) in [5.74, 6) is 0.368. The number of hydrogen-bond acceptors (Lipinski definition) is 4. The summed E-state index contributed by atoms with van der Waals surface area (Å²) in [7, 11) is 0. The van der Waals surface area contributed by atoms with Gasteiger partial charge in [-0.1, -0.05) is 48.0 Å². The number of benzene rings is 2. The van der Waals surface area contributed by atoms with Gasteiger partial charge in [0.05, 0.1) is 5.02 Å². The number of aromatic nitrogens is 1. The fraction of sp³-hybridized carbons (Fsp3) is 0.182. The Hall–Kier alpha value is -3.25. The Balaban J connectivity index is 1.78. The first-order valence-electron chi connectivity index (χ1n) is 9.32. The van der Waals surface area contributed by atoms with Gasteiger partial charge in [0.15, 0.2) is 5.43 Å². The number of carbonyl (C=O) groups is 1. The second-order valence-electron chi connectivity index (χ2n) is 7.15. The van der Waals surface area contributed by atoms with Gasteiger partial charge in [-0.25, -0.2) is 0 Å². The van der Waals surface area contributed by atoms with Crippen LogP contribution in [-0.2, 0) is 6.61 Å². The summed E-state index contributed by atoms with van der Waals surface area (Å²) in [6.07, 6.45) is 1.65. The van der Waals surface area contributed by atoms with E-state index in [1.54, 1.807) is 23.9 Å². The minimum atomic E-state index is -0.263. The Bertz CT molecular complexity index is 1200. The van der Waals surface area contributed by atoms with Gasteiger partial charge in [0.2, 0.25) is 0 Å². The van der Waals surface area contributed by atoms with Crippen LogP contribution < -0.4 is 20.5 Å². The fourth-order valence-corrected chi connectivity index (χ4v) is 4.34. The molecule has 0 aliphatic carbocycles. The number of pyridine rings is 1. The van der Waals surface area contributed by atoms with Crippen LogP contribution in [0.25, 0.3) is 0 Å². The van der Waals surface area contributed by atoms with Crippen LogP contribution in [0.5, 0.6) is 5.75 Å². The molecular weight excluding hydrogens is 390 g/mol. The monoisotopic (exact) mass is 407 g/mol. The van der Waals surface area contributed by atoms with E-state index < -0.39 is 0 Å². The average Bonchev–Trinajstić information content (AvgIpc) is 2.89. The smallest absolute Gasteiger partial charge is 0.271 e. The van der Waals surface area contributed by atoms with Gasteiger partial charge in [0.25, 0.3) is 5.91 Å². The van der Waals surface area contributed by atoms with Crippen LogP contribution in [0, 0.1) is 6.92 Å². The molecule has 3 aromatic rings. The summed E-state index contributed by atoms with van der Waals surface area (Å²) < 4.78 is 7.84. The molecule has 146 valence electrons. The van der Waals surface area contributed by atoms with Gasteiger partial charge in [-0.3, -0.25) is 19.3 Å². The lowest BCUT2D eigenvalue weighted by molar-refractivity contribution is 0.0919. The molecule has 1 aromatic heterocycles. The fourth-order valence-electron chi connectivity index (χ4n) is 4.11. The zero-order chi connectivity index (χ0) is 20.1. The molecule has 7 heteroatoms. The van der Waals surface area contributed by atoms with Gasteiger partial charge in [-0.2, -0.15) is 0 Å². The van der Waals surface area contributed by atoms with E-state index in [0.717, 1.165) is 16.7 Å². The third kappa shape index (κ3) is 2.71. The van der Waals surface area contributed by atoms with Crippen LogP contribution in [0.2, 0.25) is 5.02 Å². The van der Waals surface area contributed by atoms with Crippen molar-refractivity contribution in [1.82, 2.24) is 9.99 Å². The second-order valence-corrected chi connectivity index (χ2v) is 7.56. The van der Waals surface area contributed by atoms with Crippen molar-refractivity contribution in [2.45, 2.75) is 19.6 Å². The summed E-state index contributed by atoms with van der Waals surface area (Å²) in [6.45, 7) is 2.35. The number of nitrogens with one attached hydrogen (secondary N) is 1. The number of fused-ring (bicyclic) bond motifs is 3. The number of nitrogens with zero attached hydrogens (tertiary/aromatic N) is 2. The summed E-state index contributed by atoms with van der Waals surface area (Å²) in [4.78, 5) is 24.7. The predicted molar refractivity (Wildman–Crippen MR) is 110 cm³/mol. The van der Waals surface area contributed by atoms with Gasteiger partial charge in [-0.05, 0) is 24.1 Å². The standard InChI is InChI=1S/C22H18ClN3O3/c1-13-18(27)9-10-25-19(13)22(28)24-12-26(25)20-15-6-3-2-5-14(15)11-29-21-16(20)7-4-8-17(21)23/h2-10,20H,11-12H2,1H3,(H,24,28). The van der Waals surface area contributed by atoms with Crippen molar-refractivity contribution in [2.75, 3.05) is 11.7 Å². The molecule has 1 N–H and O–H groups in total. The Kier molecular flexibility index (Phi) is 4.10. The molecule has 29 heavy (non-hydrogen) atoms. The van der Waals surface area contributed by atoms with E-state index in [1.807, 2.05) is 35.3 Å². The van der Waals surface area contributed by atoms with Gasteiger partial charge < -0.3 is 10.1 Å². The number of amides is 1. The van der Waals surface area contributed by atoms with E-state index in [4.69, 9.17) is 16.3 Å². The molecule has 5 rings (SSSR count). The zero-order valence-corrected chi connectivity index (χ0v) is 16.4. The predicted octanol–water partition coefficient (Wildman–Crippen LogP) is 3.13. The Morgan fingerprint density at radius 3 is 2.72 bits per heavy atom. The number of rotatable bonds is 1. The number of hydrogen-bond donors (Lipinski definition) is 1. The summed E-state index contributed by atoms with van der Waals surface area (Å²) in [5.41, 5.74) is 3.60. The highest BCUT2D eigenvalue weighted by Crippen LogP contribution is 2.42. The van der Waals surface area contributed by atoms with Gasteiger partial charge in [0.1, 0.15) is 30.8 Å². The Morgan fingerprint density at radius 2 is 1.86 bits per heavy atom. The molecule has 0 saturated heterocycles. The topological polar surface area (TPSA) is 63.6 Å². The van der Waals surface area contributed by atoms with Crippen molar-refractivity contribution in [1.29, 1.82) is 0 Å². The first-order chi connectivity index (χ1) is 14.1. The van der Waals surface area contributed by atoms with Crippen LogP contribution in [0.4, 0.5) is 0 Å². The first kappa shape index (κ1) is 17.8. The maximum absolute atomic E-state index is 12.6. The van der Waals surface area contributed by atoms with Gasteiger partial charge in [-0.15, -0.1) is 0 Å². The molecule has 0 saturated carbocycles. The SMILES string of the molecule is Cc1c2n(ccc1=O)N(C1c3ccccc3COc3c(Cl)cccc31)CNC2=O. The highest BCUT2D eigenvalue weighted by atomic mass is 35.5. The lowest BCUT2D eigenvalue weighted by Crippen LogP contribution is -2.54. The number of carbonyl (C=O) groups excluding carboxylic acids is 1. The molecule has 6 nitrogen and oxygen atoms in total. The molecule has 1 atom stereocenters. The summed E-state index contributed by atoms with van der Waals surface area (Å²) in [5, 5.41) is 5.46. The van der Waals surface area contributed by atoms with Crippen LogP contribution in [0.1, 0.15) is 38.8 Å². The van der Waals surface area contributed by atoms with Crippen LogP contribution in [0.15, 0.2) is 59.5 Å². The van der Waals surface area contributed by atoms with Crippen LogP contribution >= 0.6 is 11.6 Å². The average molecular weight is 408 g/mol. The molecule has 3 heterocycles. The quantitative estimate of drug-likeness (QED) is 0.673. The van der Waals surface area contributed by atoms with Crippen molar-refractivity contribution < 1.29 is 9.53 Å². The zero-order valence-electron chi connectivity index (χ0n) is 15.7. The minimum Gasteiger partial charge on any atom is -0.487 e. The van der Waals surface area contributed by atoms with Crippen molar-refractivity contribution >= 4 is 17.5 Å². The second kappa shape index (κ2) is 6.67. The molecule has 2 aliphatic rings. The van der Waals surface area contributed by atoms with Gasteiger partial charge in [0, 0.05) is 23.4 Å². The van der Waals surface area contributed by atoms with E-state index in [9.17, 15) is 9.59 Å². The normalized spacial score (nSPS) is 17.4. The largest absolute Gasteiger partial charge is 0.487 e.